The maximum absolute atomic E-state index is 12.8. The van der Waals surface area contributed by atoms with E-state index in [1.165, 1.54) is 10.9 Å². The molecule has 3 aromatic rings. The van der Waals surface area contributed by atoms with Gasteiger partial charge in [-0.1, -0.05) is 35.9 Å². The fraction of sp³-hybridized carbons (Fsp3) is 0.300. The van der Waals surface area contributed by atoms with Crippen LogP contribution in [0.3, 0.4) is 0 Å². The number of aromatic amines is 1. The SMILES string of the molecule is Cc1ccc(S(=O)(=O)NCC2(c3c[nH]c4ccccc34)CC2)c(C)c1. The number of nitrogens with one attached hydrogen (secondary N) is 2. The summed E-state index contributed by atoms with van der Waals surface area (Å²) in [6, 6.07) is 13.6. The van der Waals surface area contributed by atoms with Gasteiger partial charge >= 0.3 is 0 Å². The molecule has 25 heavy (non-hydrogen) atoms. The molecule has 0 unspecified atom stereocenters. The summed E-state index contributed by atoms with van der Waals surface area (Å²) in [5.41, 5.74) is 4.07. The van der Waals surface area contributed by atoms with Crippen molar-refractivity contribution in [1.82, 2.24) is 9.71 Å². The number of hydrogen-bond donors (Lipinski definition) is 2. The Balaban J connectivity index is 1.60. The Morgan fingerprint density at radius 1 is 1.12 bits per heavy atom. The van der Waals surface area contributed by atoms with E-state index in [4.69, 9.17) is 0 Å². The van der Waals surface area contributed by atoms with E-state index < -0.39 is 10.0 Å². The minimum atomic E-state index is -3.51. The number of hydrogen-bond acceptors (Lipinski definition) is 2. The van der Waals surface area contributed by atoms with Gasteiger partial charge in [0.15, 0.2) is 0 Å². The van der Waals surface area contributed by atoms with Gasteiger partial charge in [-0.3, -0.25) is 0 Å². The van der Waals surface area contributed by atoms with Gasteiger partial charge in [0.1, 0.15) is 0 Å². The third-order valence-electron chi connectivity index (χ3n) is 5.23. The number of sulfonamides is 1. The highest BCUT2D eigenvalue weighted by atomic mass is 32.2. The molecule has 1 fully saturated rings. The molecule has 1 aliphatic carbocycles. The summed E-state index contributed by atoms with van der Waals surface area (Å²) in [7, 11) is -3.51. The number of H-pyrrole nitrogens is 1. The smallest absolute Gasteiger partial charge is 0.240 e. The number of benzene rings is 2. The number of fused-ring (bicyclic) bond motifs is 1. The van der Waals surface area contributed by atoms with Crippen molar-refractivity contribution in [1.29, 1.82) is 0 Å². The Morgan fingerprint density at radius 2 is 1.88 bits per heavy atom. The molecule has 5 heteroatoms. The predicted molar refractivity (Wildman–Crippen MR) is 100 cm³/mol. The predicted octanol–water partition coefficient (Wildman–Crippen LogP) is 3.79. The van der Waals surface area contributed by atoms with Gasteiger partial charge in [-0.15, -0.1) is 0 Å². The number of rotatable bonds is 5. The zero-order valence-electron chi connectivity index (χ0n) is 14.5. The monoisotopic (exact) mass is 354 g/mol. The lowest BCUT2D eigenvalue weighted by atomic mass is 9.96. The number of aromatic nitrogens is 1. The maximum Gasteiger partial charge on any atom is 0.240 e. The number of aryl methyl sites for hydroxylation is 2. The van der Waals surface area contributed by atoms with Crippen LogP contribution in [0.25, 0.3) is 10.9 Å². The van der Waals surface area contributed by atoms with Crippen molar-refractivity contribution >= 4 is 20.9 Å². The standard InChI is InChI=1S/C20H22N2O2S/c1-14-7-8-19(15(2)11-14)25(23,24)22-13-20(9-10-20)17-12-21-18-6-4-3-5-16(17)18/h3-8,11-12,21-22H,9-10,13H2,1-2H3. The molecular formula is C20H22N2O2S. The zero-order valence-corrected chi connectivity index (χ0v) is 15.3. The molecule has 0 amide bonds. The fourth-order valence-corrected chi connectivity index (χ4v) is 4.97. The van der Waals surface area contributed by atoms with E-state index in [1.807, 2.05) is 44.3 Å². The molecule has 130 valence electrons. The van der Waals surface area contributed by atoms with E-state index in [-0.39, 0.29) is 5.41 Å². The Hall–Kier alpha value is -2.11. The first-order chi connectivity index (χ1) is 11.9. The Kier molecular flexibility index (Phi) is 3.74. The summed E-state index contributed by atoms with van der Waals surface area (Å²) in [6.45, 7) is 4.24. The zero-order chi connectivity index (χ0) is 17.7. The van der Waals surface area contributed by atoms with E-state index >= 15 is 0 Å². The van der Waals surface area contributed by atoms with Crippen LogP contribution in [0, 0.1) is 13.8 Å². The van der Waals surface area contributed by atoms with Crippen LogP contribution >= 0.6 is 0 Å². The topological polar surface area (TPSA) is 62.0 Å². The van der Waals surface area contributed by atoms with Crippen LogP contribution in [0.2, 0.25) is 0 Å². The molecule has 0 atom stereocenters. The first-order valence-corrected chi connectivity index (χ1v) is 10.0. The van der Waals surface area contributed by atoms with Gasteiger partial charge in [-0.05, 0) is 49.9 Å². The summed E-state index contributed by atoms with van der Waals surface area (Å²) in [5, 5.41) is 1.19. The molecule has 4 nitrogen and oxygen atoms in total. The molecule has 1 heterocycles. The second-order valence-electron chi connectivity index (χ2n) is 7.12. The van der Waals surface area contributed by atoms with Crippen LogP contribution in [-0.2, 0) is 15.4 Å². The van der Waals surface area contributed by atoms with E-state index in [1.54, 1.807) is 6.07 Å². The third-order valence-corrected chi connectivity index (χ3v) is 6.80. The Bertz CT molecular complexity index is 1050. The van der Waals surface area contributed by atoms with Gasteiger partial charge in [0.2, 0.25) is 10.0 Å². The highest BCUT2D eigenvalue weighted by Crippen LogP contribution is 2.50. The molecule has 4 rings (SSSR count). The van der Waals surface area contributed by atoms with Gasteiger partial charge in [0, 0.05) is 29.1 Å². The molecule has 0 saturated heterocycles. The molecule has 2 aromatic carbocycles. The summed E-state index contributed by atoms with van der Waals surface area (Å²) < 4.78 is 28.4. The fourth-order valence-electron chi connectivity index (χ4n) is 3.61. The quantitative estimate of drug-likeness (QED) is 0.732. The summed E-state index contributed by atoms with van der Waals surface area (Å²) in [6.07, 6.45) is 4.04. The largest absolute Gasteiger partial charge is 0.361 e. The van der Waals surface area contributed by atoms with Crippen LogP contribution in [-0.4, -0.2) is 19.9 Å². The maximum atomic E-state index is 12.8. The minimum Gasteiger partial charge on any atom is -0.361 e. The molecule has 2 N–H and O–H groups in total. The third kappa shape index (κ3) is 2.87. The average Bonchev–Trinajstić information content (AvgIpc) is 3.24. The summed E-state index contributed by atoms with van der Waals surface area (Å²) >= 11 is 0. The van der Waals surface area contributed by atoms with E-state index in [9.17, 15) is 8.42 Å². The lowest BCUT2D eigenvalue weighted by molar-refractivity contribution is 0.567. The normalized spacial score (nSPS) is 16.2. The Labute approximate surface area is 148 Å². The summed E-state index contributed by atoms with van der Waals surface area (Å²) in [4.78, 5) is 3.67. The first-order valence-electron chi connectivity index (χ1n) is 8.55. The minimum absolute atomic E-state index is 0.0920. The molecule has 1 aliphatic rings. The van der Waals surface area contributed by atoms with Crippen LogP contribution in [0.4, 0.5) is 0 Å². The molecule has 0 aliphatic heterocycles. The van der Waals surface area contributed by atoms with Gasteiger partial charge in [-0.25, -0.2) is 13.1 Å². The van der Waals surface area contributed by atoms with E-state index in [0.29, 0.717) is 11.4 Å². The Morgan fingerprint density at radius 3 is 2.60 bits per heavy atom. The van der Waals surface area contributed by atoms with Gasteiger partial charge in [0.25, 0.3) is 0 Å². The molecular weight excluding hydrogens is 332 g/mol. The van der Waals surface area contributed by atoms with Gasteiger partial charge in [-0.2, -0.15) is 0 Å². The van der Waals surface area contributed by atoms with Crippen LogP contribution in [0.5, 0.6) is 0 Å². The van der Waals surface area contributed by atoms with Crippen molar-refractivity contribution in [2.75, 3.05) is 6.54 Å². The van der Waals surface area contributed by atoms with Gasteiger partial charge < -0.3 is 4.98 Å². The van der Waals surface area contributed by atoms with Crippen molar-refractivity contribution in [3.05, 3.63) is 65.4 Å². The highest BCUT2D eigenvalue weighted by Gasteiger charge is 2.46. The van der Waals surface area contributed by atoms with Gasteiger partial charge in [0.05, 0.1) is 4.90 Å². The van der Waals surface area contributed by atoms with Crippen molar-refractivity contribution in [3.8, 4) is 0 Å². The van der Waals surface area contributed by atoms with Crippen molar-refractivity contribution in [3.63, 3.8) is 0 Å². The first kappa shape index (κ1) is 16.4. The average molecular weight is 354 g/mol. The number of para-hydroxylation sites is 1. The van der Waals surface area contributed by atoms with E-state index in [0.717, 1.165) is 29.5 Å². The molecule has 0 spiro atoms. The second-order valence-corrected chi connectivity index (χ2v) is 8.86. The van der Waals surface area contributed by atoms with Crippen LogP contribution in [0.15, 0.2) is 53.6 Å². The highest BCUT2D eigenvalue weighted by molar-refractivity contribution is 7.89. The van der Waals surface area contributed by atoms with Crippen LogP contribution in [0.1, 0.15) is 29.5 Å². The van der Waals surface area contributed by atoms with Crippen molar-refractivity contribution < 1.29 is 8.42 Å². The lowest BCUT2D eigenvalue weighted by Gasteiger charge is -2.17. The van der Waals surface area contributed by atoms with Crippen molar-refractivity contribution in [2.24, 2.45) is 0 Å². The molecule has 1 saturated carbocycles. The summed E-state index contributed by atoms with van der Waals surface area (Å²) in [5.74, 6) is 0. The molecule has 0 bridgehead atoms. The van der Waals surface area contributed by atoms with E-state index in [2.05, 4.69) is 21.8 Å². The molecule has 1 aromatic heterocycles. The van der Waals surface area contributed by atoms with Crippen molar-refractivity contribution in [2.45, 2.75) is 37.0 Å². The lowest BCUT2D eigenvalue weighted by Crippen LogP contribution is -2.32. The van der Waals surface area contributed by atoms with Crippen LogP contribution < -0.4 is 4.72 Å². The second kappa shape index (κ2) is 5.71. The molecule has 0 radical (unpaired) electrons.